The Hall–Kier alpha value is -1.00. The summed E-state index contributed by atoms with van der Waals surface area (Å²) in [7, 11) is 0. The number of rotatable bonds is 6. The van der Waals surface area contributed by atoms with Crippen LogP contribution in [0.4, 0.5) is 0 Å². The topological polar surface area (TPSA) is 32.3 Å². The Bertz CT molecular complexity index is 474. The summed E-state index contributed by atoms with van der Waals surface area (Å²) in [5, 5.41) is 4.07. The maximum Gasteiger partial charge on any atom is 0.241 e. The third-order valence-corrected chi connectivity index (χ3v) is 5.27. The molecule has 0 aromatic heterocycles. The predicted octanol–water partition coefficient (Wildman–Crippen LogP) is 3.35. The van der Waals surface area contributed by atoms with Gasteiger partial charge in [0.2, 0.25) is 5.91 Å². The van der Waals surface area contributed by atoms with Gasteiger partial charge in [-0.3, -0.25) is 10.1 Å². The van der Waals surface area contributed by atoms with Crippen LogP contribution < -0.4 is 5.32 Å². The van der Waals surface area contributed by atoms with Crippen molar-refractivity contribution in [2.75, 3.05) is 12.8 Å². The van der Waals surface area contributed by atoms with Gasteiger partial charge < -0.3 is 4.90 Å². The second-order valence-corrected chi connectivity index (χ2v) is 7.08. The number of benzene rings is 1. The normalized spacial score (nSPS) is 23.6. The standard InChI is InChI=1S/C17H26N2OS/c1-5-15-17(20)19(11-10-13(3)21-4)16(18-15)14-8-6-12(2)7-9-14/h6-9,13,15-16,18H,5,10-11H2,1-4H3. The van der Waals surface area contributed by atoms with Crippen molar-refractivity contribution in [1.29, 1.82) is 0 Å². The molecule has 1 aromatic carbocycles. The van der Waals surface area contributed by atoms with E-state index in [1.165, 1.54) is 11.1 Å². The van der Waals surface area contributed by atoms with Gasteiger partial charge in [0.1, 0.15) is 6.17 Å². The van der Waals surface area contributed by atoms with Crippen LogP contribution >= 0.6 is 11.8 Å². The first-order chi connectivity index (χ1) is 10.1. The van der Waals surface area contributed by atoms with Crippen molar-refractivity contribution in [2.24, 2.45) is 0 Å². The van der Waals surface area contributed by atoms with Crippen LogP contribution in [0, 0.1) is 6.92 Å². The Kier molecular flexibility index (Phi) is 5.71. The van der Waals surface area contributed by atoms with Crippen LogP contribution in [0.25, 0.3) is 0 Å². The Balaban J connectivity index is 2.15. The largest absolute Gasteiger partial charge is 0.322 e. The number of carbonyl (C=O) groups is 1. The van der Waals surface area contributed by atoms with Crippen LogP contribution in [0.15, 0.2) is 24.3 Å². The van der Waals surface area contributed by atoms with E-state index in [0.29, 0.717) is 5.25 Å². The van der Waals surface area contributed by atoms with Crippen molar-refractivity contribution in [3.63, 3.8) is 0 Å². The average molecular weight is 306 g/mol. The summed E-state index contributed by atoms with van der Waals surface area (Å²) in [4.78, 5) is 14.6. The second-order valence-electron chi connectivity index (χ2n) is 5.81. The summed E-state index contributed by atoms with van der Waals surface area (Å²) in [5.41, 5.74) is 2.43. The number of amides is 1. The fourth-order valence-corrected chi connectivity index (χ4v) is 3.02. The van der Waals surface area contributed by atoms with Gasteiger partial charge in [-0.1, -0.05) is 43.7 Å². The third-order valence-electron chi connectivity index (χ3n) is 4.23. The van der Waals surface area contributed by atoms with Crippen LogP contribution in [0.1, 0.15) is 44.0 Å². The lowest BCUT2D eigenvalue weighted by molar-refractivity contribution is -0.130. The minimum Gasteiger partial charge on any atom is -0.322 e. The molecule has 0 radical (unpaired) electrons. The highest BCUT2D eigenvalue weighted by Crippen LogP contribution is 2.27. The lowest BCUT2D eigenvalue weighted by atomic mass is 10.1. The zero-order chi connectivity index (χ0) is 15.4. The molecule has 21 heavy (non-hydrogen) atoms. The molecule has 0 saturated carbocycles. The number of thioether (sulfide) groups is 1. The van der Waals surface area contributed by atoms with E-state index >= 15 is 0 Å². The summed E-state index contributed by atoms with van der Waals surface area (Å²) in [6.07, 6.45) is 4.03. The van der Waals surface area contributed by atoms with E-state index < -0.39 is 0 Å². The molecular weight excluding hydrogens is 280 g/mol. The zero-order valence-corrected chi connectivity index (χ0v) is 14.2. The van der Waals surface area contributed by atoms with Crippen molar-refractivity contribution < 1.29 is 4.79 Å². The number of nitrogens with zero attached hydrogens (tertiary/aromatic N) is 1. The number of nitrogens with one attached hydrogen (secondary N) is 1. The van der Waals surface area contributed by atoms with Crippen LogP contribution in [-0.4, -0.2) is 34.9 Å². The molecule has 1 amide bonds. The van der Waals surface area contributed by atoms with Gasteiger partial charge >= 0.3 is 0 Å². The number of aryl methyl sites for hydroxylation is 1. The Morgan fingerprint density at radius 3 is 2.57 bits per heavy atom. The molecule has 116 valence electrons. The fourth-order valence-electron chi connectivity index (χ4n) is 2.67. The first kappa shape index (κ1) is 16.4. The molecule has 0 aliphatic carbocycles. The molecule has 1 fully saturated rings. The molecule has 4 heteroatoms. The minimum atomic E-state index is -0.0408. The SMILES string of the molecule is CCC1NC(c2ccc(C)cc2)N(CCC(C)SC)C1=O. The lowest BCUT2D eigenvalue weighted by Gasteiger charge is -2.25. The highest BCUT2D eigenvalue weighted by molar-refractivity contribution is 7.99. The third kappa shape index (κ3) is 3.80. The first-order valence-electron chi connectivity index (χ1n) is 7.72. The molecule has 1 aromatic rings. The highest BCUT2D eigenvalue weighted by Gasteiger charge is 2.38. The molecule has 2 rings (SSSR count). The van der Waals surface area contributed by atoms with Crippen LogP contribution in [-0.2, 0) is 4.79 Å². The van der Waals surface area contributed by atoms with Crippen molar-refractivity contribution >= 4 is 17.7 Å². The van der Waals surface area contributed by atoms with E-state index in [2.05, 4.69) is 56.6 Å². The number of carbonyl (C=O) groups excluding carboxylic acids is 1. The van der Waals surface area contributed by atoms with Gasteiger partial charge in [-0.05, 0) is 31.6 Å². The summed E-state index contributed by atoms with van der Waals surface area (Å²) in [5.74, 6) is 0.247. The van der Waals surface area contributed by atoms with E-state index in [0.717, 1.165) is 19.4 Å². The van der Waals surface area contributed by atoms with E-state index in [4.69, 9.17) is 0 Å². The molecule has 1 N–H and O–H groups in total. The Morgan fingerprint density at radius 1 is 1.33 bits per heavy atom. The summed E-state index contributed by atoms with van der Waals surface area (Å²) in [6.45, 7) is 7.19. The molecule has 0 spiro atoms. The van der Waals surface area contributed by atoms with Gasteiger partial charge in [0.05, 0.1) is 6.04 Å². The Labute approximate surface area is 132 Å². The van der Waals surface area contributed by atoms with Crippen LogP contribution in [0.5, 0.6) is 0 Å². The van der Waals surface area contributed by atoms with Gasteiger partial charge in [-0.15, -0.1) is 0 Å². The average Bonchev–Trinajstić information content (AvgIpc) is 2.81. The molecule has 0 bridgehead atoms. The summed E-state index contributed by atoms with van der Waals surface area (Å²) >= 11 is 1.86. The van der Waals surface area contributed by atoms with E-state index in [-0.39, 0.29) is 18.1 Å². The molecule has 3 unspecified atom stereocenters. The van der Waals surface area contributed by atoms with E-state index in [1.807, 2.05) is 16.7 Å². The first-order valence-corrected chi connectivity index (χ1v) is 9.01. The molecule has 3 nitrogen and oxygen atoms in total. The summed E-state index contributed by atoms with van der Waals surface area (Å²) in [6, 6.07) is 8.44. The van der Waals surface area contributed by atoms with Gasteiger partial charge in [0.15, 0.2) is 0 Å². The maximum atomic E-state index is 12.5. The summed E-state index contributed by atoms with van der Waals surface area (Å²) < 4.78 is 0. The minimum absolute atomic E-state index is 0.0251. The smallest absolute Gasteiger partial charge is 0.241 e. The van der Waals surface area contributed by atoms with Crippen molar-refractivity contribution in [1.82, 2.24) is 10.2 Å². The Morgan fingerprint density at radius 2 is 2.00 bits per heavy atom. The molecular formula is C17H26N2OS. The van der Waals surface area contributed by atoms with Crippen molar-refractivity contribution in [3.05, 3.63) is 35.4 Å². The van der Waals surface area contributed by atoms with Crippen LogP contribution in [0.3, 0.4) is 0 Å². The quantitative estimate of drug-likeness (QED) is 0.875. The van der Waals surface area contributed by atoms with Gasteiger partial charge in [-0.2, -0.15) is 11.8 Å². The molecule has 1 saturated heterocycles. The van der Waals surface area contributed by atoms with Gasteiger partial charge in [0, 0.05) is 11.8 Å². The molecule has 1 heterocycles. The van der Waals surface area contributed by atoms with Crippen molar-refractivity contribution in [3.8, 4) is 0 Å². The zero-order valence-electron chi connectivity index (χ0n) is 13.4. The van der Waals surface area contributed by atoms with E-state index in [1.54, 1.807) is 0 Å². The molecule has 1 aliphatic heterocycles. The molecule has 3 atom stereocenters. The monoisotopic (exact) mass is 306 g/mol. The molecule has 1 aliphatic rings. The second kappa shape index (κ2) is 7.32. The predicted molar refractivity (Wildman–Crippen MR) is 90.4 cm³/mol. The number of hydrogen-bond acceptors (Lipinski definition) is 3. The van der Waals surface area contributed by atoms with Crippen molar-refractivity contribution in [2.45, 2.75) is 51.1 Å². The van der Waals surface area contributed by atoms with Crippen LogP contribution in [0.2, 0.25) is 0 Å². The fraction of sp³-hybridized carbons (Fsp3) is 0.588. The lowest BCUT2D eigenvalue weighted by Crippen LogP contribution is -2.32. The van der Waals surface area contributed by atoms with Gasteiger partial charge in [0.25, 0.3) is 0 Å². The number of hydrogen-bond donors (Lipinski definition) is 1. The van der Waals surface area contributed by atoms with Gasteiger partial charge in [-0.25, -0.2) is 0 Å². The highest BCUT2D eigenvalue weighted by atomic mass is 32.2. The maximum absolute atomic E-state index is 12.5. The van der Waals surface area contributed by atoms with E-state index in [9.17, 15) is 4.79 Å².